The maximum atomic E-state index is 12.4. The third kappa shape index (κ3) is 4.87. The first-order valence-corrected chi connectivity index (χ1v) is 9.88. The summed E-state index contributed by atoms with van der Waals surface area (Å²) < 4.78 is 17.4. The first-order valence-electron chi connectivity index (χ1n) is 7.44. The minimum atomic E-state index is -2.28. The largest absolute Gasteiger partial charge is 0.327 e. The van der Waals surface area contributed by atoms with Crippen molar-refractivity contribution < 1.29 is 13.9 Å². The van der Waals surface area contributed by atoms with Gasteiger partial charge >= 0.3 is 0 Å². The molecule has 0 saturated heterocycles. The molecule has 0 aliphatic rings. The summed E-state index contributed by atoms with van der Waals surface area (Å²) in [6, 6.07) is 13.1. The lowest BCUT2D eigenvalue weighted by molar-refractivity contribution is 0.0963. The Bertz CT molecular complexity index is 690. The molecule has 23 heavy (non-hydrogen) atoms. The second-order valence-electron chi connectivity index (χ2n) is 5.41. The smallest absolute Gasteiger partial charge is 0.220 e. The van der Waals surface area contributed by atoms with Gasteiger partial charge in [0.2, 0.25) is 8.03 Å². The quantitative estimate of drug-likeness (QED) is 0.391. The topological polar surface area (TPSA) is 43.4 Å². The number of carbonyl (C=O) groups is 1. The summed E-state index contributed by atoms with van der Waals surface area (Å²) >= 11 is 3.43. The average molecular weight is 395 g/mol. The van der Waals surface area contributed by atoms with Crippen LogP contribution in [0.5, 0.6) is 0 Å². The highest BCUT2D eigenvalue weighted by Gasteiger charge is 2.14. The van der Waals surface area contributed by atoms with Crippen LogP contribution in [0, 0.1) is 13.8 Å². The minimum absolute atomic E-state index is 0.0315. The second kappa shape index (κ2) is 8.58. The molecule has 1 unspecified atom stereocenters. The first kappa shape index (κ1) is 18.1. The van der Waals surface area contributed by atoms with Crippen LogP contribution < -0.4 is 5.30 Å². The van der Waals surface area contributed by atoms with Crippen molar-refractivity contribution in [2.45, 2.75) is 25.6 Å². The van der Waals surface area contributed by atoms with Crippen molar-refractivity contribution in [3.05, 3.63) is 64.7 Å². The van der Waals surface area contributed by atoms with Crippen LogP contribution in [0.1, 0.15) is 33.5 Å². The van der Waals surface area contributed by atoms with E-state index in [9.17, 15) is 9.36 Å². The second-order valence-corrected chi connectivity index (χ2v) is 7.42. The SMILES string of the molecule is Cc1cc(CBr)cc(C)c1C(=O)CCO[PH](=O)c1ccccc1. The van der Waals surface area contributed by atoms with Gasteiger partial charge in [-0.25, -0.2) is 0 Å². The molecule has 0 aromatic heterocycles. The molecular weight excluding hydrogens is 375 g/mol. The average Bonchev–Trinajstić information content (AvgIpc) is 2.54. The van der Waals surface area contributed by atoms with Crippen LogP contribution >= 0.6 is 24.0 Å². The minimum Gasteiger partial charge on any atom is -0.327 e. The Morgan fingerprint density at radius 3 is 2.30 bits per heavy atom. The number of hydrogen-bond acceptors (Lipinski definition) is 3. The zero-order valence-corrected chi connectivity index (χ0v) is 15.9. The Morgan fingerprint density at radius 2 is 1.74 bits per heavy atom. The van der Waals surface area contributed by atoms with Gasteiger partial charge in [0.1, 0.15) is 0 Å². The Labute approximate surface area is 146 Å². The molecule has 3 nitrogen and oxygen atoms in total. The molecule has 1 atom stereocenters. The summed E-state index contributed by atoms with van der Waals surface area (Å²) in [7, 11) is -2.28. The molecule has 0 amide bonds. The number of Topliss-reactive ketones (excluding diaryl/α,β-unsaturated/α-hetero) is 1. The number of halogens is 1. The van der Waals surface area contributed by atoms with E-state index >= 15 is 0 Å². The zero-order valence-electron chi connectivity index (χ0n) is 13.3. The number of benzene rings is 2. The molecule has 0 aliphatic carbocycles. The Balaban J connectivity index is 1.97. The highest BCUT2D eigenvalue weighted by atomic mass is 79.9. The molecule has 2 aromatic rings. The molecule has 5 heteroatoms. The van der Waals surface area contributed by atoms with E-state index in [-0.39, 0.29) is 18.8 Å². The van der Waals surface area contributed by atoms with Crippen molar-refractivity contribution in [3.8, 4) is 0 Å². The summed E-state index contributed by atoms with van der Waals surface area (Å²) in [6.07, 6.45) is 0.235. The van der Waals surface area contributed by atoms with Crippen molar-refractivity contribution in [2.75, 3.05) is 6.61 Å². The van der Waals surface area contributed by atoms with Gasteiger partial charge in [0, 0.05) is 22.6 Å². The van der Waals surface area contributed by atoms with Gasteiger partial charge in [-0.05, 0) is 42.7 Å². The normalized spacial score (nSPS) is 12.1. The standard InChI is InChI=1S/C18H20BrO3P/c1-13-10-15(12-19)11-14(2)18(13)17(20)8-9-22-23(21)16-6-4-3-5-7-16/h3-7,10-11,23H,8-9,12H2,1-2H3. The van der Waals surface area contributed by atoms with Crippen molar-refractivity contribution in [2.24, 2.45) is 0 Å². The zero-order chi connectivity index (χ0) is 16.8. The number of alkyl halides is 1. The molecule has 122 valence electrons. The number of aryl methyl sites for hydroxylation is 2. The van der Waals surface area contributed by atoms with E-state index in [4.69, 9.17) is 4.52 Å². The highest BCUT2D eigenvalue weighted by molar-refractivity contribution is 9.08. The van der Waals surface area contributed by atoms with Crippen LogP contribution in [0.4, 0.5) is 0 Å². The van der Waals surface area contributed by atoms with Crippen molar-refractivity contribution in [1.82, 2.24) is 0 Å². The van der Waals surface area contributed by atoms with Gasteiger partial charge in [-0.3, -0.25) is 9.36 Å². The lowest BCUT2D eigenvalue weighted by Gasteiger charge is -2.11. The summed E-state index contributed by atoms with van der Waals surface area (Å²) in [4.78, 5) is 12.4. The van der Waals surface area contributed by atoms with Gasteiger partial charge in [-0.2, -0.15) is 0 Å². The van der Waals surface area contributed by atoms with Gasteiger partial charge in [-0.15, -0.1) is 0 Å². The Hall–Kier alpha value is -1.22. The van der Waals surface area contributed by atoms with E-state index < -0.39 is 8.03 Å². The van der Waals surface area contributed by atoms with E-state index in [0.29, 0.717) is 5.30 Å². The molecule has 0 bridgehead atoms. The summed E-state index contributed by atoms with van der Waals surface area (Å²) in [6.45, 7) is 4.06. The fraction of sp³-hybridized carbons (Fsp3) is 0.278. The molecule has 0 heterocycles. The molecule has 2 rings (SSSR count). The molecule has 0 N–H and O–H groups in total. The van der Waals surface area contributed by atoms with Gasteiger partial charge in [-0.1, -0.05) is 46.3 Å². The van der Waals surface area contributed by atoms with E-state index in [1.807, 2.05) is 44.2 Å². The van der Waals surface area contributed by atoms with Gasteiger partial charge in [0.15, 0.2) is 5.78 Å². The molecule has 0 saturated carbocycles. The number of hydrogen-bond donors (Lipinski definition) is 0. The molecule has 0 spiro atoms. The Kier molecular flexibility index (Phi) is 6.76. The molecule has 0 fully saturated rings. The maximum absolute atomic E-state index is 12.4. The summed E-state index contributed by atoms with van der Waals surface area (Å²) in [5.74, 6) is 0.0315. The van der Waals surface area contributed by atoms with Crippen molar-refractivity contribution in [3.63, 3.8) is 0 Å². The number of rotatable bonds is 7. The lowest BCUT2D eigenvalue weighted by atomic mass is 9.95. The Morgan fingerprint density at radius 1 is 1.13 bits per heavy atom. The van der Waals surface area contributed by atoms with Crippen LogP contribution in [-0.4, -0.2) is 12.4 Å². The number of carbonyl (C=O) groups excluding carboxylic acids is 1. The van der Waals surface area contributed by atoms with Crippen molar-refractivity contribution in [1.29, 1.82) is 0 Å². The fourth-order valence-corrected chi connectivity index (χ4v) is 3.83. The highest BCUT2D eigenvalue weighted by Crippen LogP contribution is 2.23. The lowest BCUT2D eigenvalue weighted by Crippen LogP contribution is -2.08. The molecule has 2 aromatic carbocycles. The summed E-state index contributed by atoms with van der Waals surface area (Å²) in [5, 5.41) is 1.45. The summed E-state index contributed by atoms with van der Waals surface area (Å²) in [5.41, 5.74) is 3.85. The third-order valence-electron chi connectivity index (χ3n) is 3.60. The predicted octanol–water partition coefficient (Wildman–Crippen LogP) is 4.59. The van der Waals surface area contributed by atoms with Gasteiger partial charge < -0.3 is 4.52 Å². The monoisotopic (exact) mass is 394 g/mol. The van der Waals surface area contributed by atoms with E-state index in [1.54, 1.807) is 12.1 Å². The number of ketones is 1. The molecule has 0 radical (unpaired) electrons. The van der Waals surface area contributed by atoms with Gasteiger partial charge in [0.25, 0.3) is 0 Å². The van der Waals surface area contributed by atoms with Crippen molar-refractivity contribution >= 4 is 35.0 Å². The van der Waals surface area contributed by atoms with E-state index in [1.165, 1.54) is 0 Å². The van der Waals surface area contributed by atoms with E-state index in [0.717, 1.165) is 27.6 Å². The van der Waals surface area contributed by atoms with E-state index in [2.05, 4.69) is 15.9 Å². The van der Waals surface area contributed by atoms with Crippen LogP contribution in [-0.2, 0) is 14.4 Å². The van der Waals surface area contributed by atoms with Crippen LogP contribution in [0.25, 0.3) is 0 Å². The van der Waals surface area contributed by atoms with Crippen LogP contribution in [0.2, 0.25) is 0 Å². The fourth-order valence-electron chi connectivity index (χ4n) is 2.59. The molecule has 0 aliphatic heterocycles. The van der Waals surface area contributed by atoms with Crippen LogP contribution in [0.3, 0.4) is 0 Å². The maximum Gasteiger partial charge on any atom is 0.220 e. The molecular formula is C18H20BrO3P. The van der Waals surface area contributed by atoms with Crippen LogP contribution in [0.15, 0.2) is 42.5 Å². The third-order valence-corrected chi connectivity index (χ3v) is 5.52. The predicted molar refractivity (Wildman–Crippen MR) is 98.5 cm³/mol. The van der Waals surface area contributed by atoms with Gasteiger partial charge in [0.05, 0.1) is 6.61 Å². The first-order chi connectivity index (χ1) is 11.0.